The minimum absolute atomic E-state index is 0.0128. The summed E-state index contributed by atoms with van der Waals surface area (Å²) in [6.07, 6.45) is 3.40. The monoisotopic (exact) mass is 250 g/mol. The number of nitrogens with zero attached hydrogens (tertiary/aromatic N) is 1. The third-order valence-corrected chi connectivity index (χ3v) is 2.89. The zero-order valence-electron chi connectivity index (χ0n) is 9.27. The fraction of sp³-hybridized carbons (Fsp3) is 0.364. The first-order chi connectivity index (χ1) is 8.16. The Bertz CT molecular complexity index is 449. The van der Waals surface area contributed by atoms with Crippen LogP contribution in [-0.2, 0) is 4.79 Å². The average molecular weight is 250 g/mol. The van der Waals surface area contributed by atoms with Crippen LogP contribution < -0.4 is 16.4 Å². The summed E-state index contributed by atoms with van der Waals surface area (Å²) in [5.41, 5.74) is 6.28. The summed E-state index contributed by atoms with van der Waals surface area (Å²) in [4.78, 5) is 16.0. The van der Waals surface area contributed by atoms with Crippen molar-refractivity contribution in [1.29, 1.82) is 0 Å². The van der Waals surface area contributed by atoms with Crippen LogP contribution in [0.1, 0.15) is 18.4 Å². The number of nitrogens with two attached hydrogens (primary N) is 1. The minimum atomic E-state index is -0.224. The van der Waals surface area contributed by atoms with Gasteiger partial charge in [-0.05, 0) is 25.0 Å². The number of hydrogen-bond acceptors (Lipinski definition) is 4. The summed E-state index contributed by atoms with van der Waals surface area (Å²) in [5, 5.41) is 5.90. The summed E-state index contributed by atoms with van der Waals surface area (Å²) < 4.78 is 0. The molecule has 6 heteroatoms. The summed E-state index contributed by atoms with van der Waals surface area (Å²) in [6, 6.07) is 3.27. The SMILES string of the molecule is NC(=S)c1ccnc(NC2CCCNC2=O)c1. The highest BCUT2D eigenvalue weighted by atomic mass is 32.1. The van der Waals surface area contributed by atoms with Crippen molar-refractivity contribution < 1.29 is 4.79 Å². The fourth-order valence-electron chi connectivity index (χ4n) is 1.75. The van der Waals surface area contributed by atoms with Gasteiger partial charge in [0.15, 0.2) is 0 Å². The maximum absolute atomic E-state index is 11.6. The number of aromatic nitrogens is 1. The number of hydrogen-bond donors (Lipinski definition) is 3. The molecular formula is C11H14N4OS. The van der Waals surface area contributed by atoms with Crippen molar-refractivity contribution in [3.63, 3.8) is 0 Å². The van der Waals surface area contributed by atoms with Crippen LogP contribution in [-0.4, -0.2) is 28.5 Å². The standard InChI is InChI=1S/C11H14N4OS/c12-10(17)7-3-5-13-9(6-7)15-8-2-1-4-14-11(8)16/h3,5-6,8H,1-2,4H2,(H2,12,17)(H,13,15)(H,14,16). The zero-order chi connectivity index (χ0) is 12.3. The Morgan fingerprint density at radius 3 is 3.18 bits per heavy atom. The van der Waals surface area contributed by atoms with Gasteiger partial charge >= 0.3 is 0 Å². The van der Waals surface area contributed by atoms with Crippen LogP contribution in [0.15, 0.2) is 18.3 Å². The maximum Gasteiger partial charge on any atom is 0.242 e. The highest BCUT2D eigenvalue weighted by molar-refractivity contribution is 7.80. The quantitative estimate of drug-likeness (QED) is 0.677. The first-order valence-electron chi connectivity index (χ1n) is 5.47. The van der Waals surface area contributed by atoms with E-state index >= 15 is 0 Å². The summed E-state index contributed by atoms with van der Waals surface area (Å²) >= 11 is 4.89. The molecule has 1 aromatic rings. The van der Waals surface area contributed by atoms with Crippen LogP contribution >= 0.6 is 12.2 Å². The lowest BCUT2D eigenvalue weighted by atomic mass is 10.1. The molecule has 1 unspecified atom stereocenters. The molecule has 1 saturated heterocycles. The largest absolute Gasteiger partial charge is 0.389 e. The first-order valence-corrected chi connectivity index (χ1v) is 5.88. The van der Waals surface area contributed by atoms with Crippen molar-refractivity contribution in [2.24, 2.45) is 5.73 Å². The van der Waals surface area contributed by atoms with Gasteiger partial charge in [0.2, 0.25) is 5.91 Å². The van der Waals surface area contributed by atoms with Gasteiger partial charge < -0.3 is 16.4 Å². The molecule has 0 aromatic carbocycles. The Labute approximate surface area is 105 Å². The van der Waals surface area contributed by atoms with Crippen LogP contribution in [0.4, 0.5) is 5.82 Å². The number of nitrogens with one attached hydrogen (secondary N) is 2. The van der Waals surface area contributed by atoms with E-state index in [4.69, 9.17) is 18.0 Å². The molecule has 0 aliphatic carbocycles. The molecule has 1 atom stereocenters. The lowest BCUT2D eigenvalue weighted by Gasteiger charge is -2.23. The van der Waals surface area contributed by atoms with E-state index in [1.807, 2.05) is 0 Å². The van der Waals surface area contributed by atoms with E-state index in [2.05, 4.69) is 15.6 Å². The lowest BCUT2D eigenvalue weighted by molar-refractivity contribution is -0.123. The fourth-order valence-corrected chi connectivity index (χ4v) is 1.88. The highest BCUT2D eigenvalue weighted by Gasteiger charge is 2.21. The Kier molecular flexibility index (Phi) is 3.53. The Morgan fingerprint density at radius 1 is 1.65 bits per heavy atom. The van der Waals surface area contributed by atoms with Gasteiger partial charge in [0.25, 0.3) is 0 Å². The number of thiocarbonyl (C=S) groups is 1. The Morgan fingerprint density at radius 2 is 2.47 bits per heavy atom. The number of carbonyl (C=O) groups is 1. The van der Waals surface area contributed by atoms with Gasteiger partial charge in [0, 0.05) is 18.3 Å². The molecule has 1 aliphatic rings. The molecule has 1 aromatic heterocycles. The van der Waals surface area contributed by atoms with Crippen LogP contribution in [0.2, 0.25) is 0 Å². The molecular weight excluding hydrogens is 236 g/mol. The molecule has 17 heavy (non-hydrogen) atoms. The van der Waals surface area contributed by atoms with E-state index in [1.165, 1.54) is 0 Å². The van der Waals surface area contributed by atoms with Crippen molar-refractivity contribution in [2.75, 3.05) is 11.9 Å². The second-order valence-electron chi connectivity index (χ2n) is 3.92. The lowest BCUT2D eigenvalue weighted by Crippen LogP contribution is -2.44. The first kappa shape index (κ1) is 11.8. The van der Waals surface area contributed by atoms with Gasteiger partial charge in [0.1, 0.15) is 16.8 Å². The molecule has 0 saturated carbocycles. The van der Waals surface area contributed by atoms with Crippen molar-refractivity contribution >= 4 is 28.9 Å². The molecule has 0 bridgehead atoms. The van der Waals surface area contributed by atoms with Crippen LogP contribution in [0.5, 0.6) is 0 Å². The highest BCUT2D eigenvalue weighted by Crippen LogP contribution is 2.12. The topological polar surface area (TPSA) is 80.0 Å². The summed E-state index contributed by atoms with van der Waals surface area (Å²) in [5.74, 6) is 0.635. The van der Waals surface area contributed by atoms with E-state index in [9.17, 15) is 4.79 Å². The zero-order valence-corrected chi connectivity index (χ0v) is 10.1. The molecule has 1 amide bonds. The second kappa shape index (κ2) is 5.09. The van der Waals surface area contributed by atoms with E-state index in [0.717, 1.165) is 24.9 Å². The number of piperidine rings is 1. The van der Waals surface area contributed by atoms with Crippen molar-refractivity contribution in [2.45, 2.75) is 18.9 Å². The molecule has 2 heterocycles. The van der Waals surface area contributed by atoms with Crippen LogP contribution in [0.3, 0.4) is 0 Å². The van der Waals surface area contributed by atoms with Crippen molar-refractivity contribution in [3.8, 4) is 0 Å². The molecule has 5 nitrogen and oxygen atoms in total. The molecule has 0 spiro atoms. The van der Waals surface area contributed by atoms with E-state index < -0.39 is 0 Å². The second-order valence-corrected chi connectivity index (χ2v) is 4.36. The number of anilines is 1. The van der Waals surface area contributed by atoms with Gasteiger partial charge in [-0.3, -0.25) is 4.79 Å². The molecule has 90 valence electrons. The van der Waals surface area contributed by atoms with Gasteiger partial charge in [-0.2, -0.15) is 0 Å². The number of rotatable bonds is 3. The van der Waals surface area contributed by atoms with E-state index in [0.29, 0.717) is 10.8 Å². The molecule has 1 aliphatic heterocycles. The maximum atomic E-state index is 11.6. The molecule has 2 rings (SSSR count). The number of pyridine rings is 1. The van der Waals surface area contributed by atoms with Gasteiger partial charge in [-0.1, -0.05) is 12.2 Å². The van der Waals surface area contributed by atoms with Gasteiger partial charge in [0.05, 0.1) is 0 Å². The Hall–Kier alpha value is -1.69. The predicted octanol–water partition coefficient (Wildman–Crippen LogP) is 0.406. The number of amides is 1. The van der Waals surface area contributed by atoms with Gasteiger partial charge in [-0.15, -0.1) is 0 Å². The summed E-state index contributed by atoms with van der Waals surface area (Å²) in [7, 11) is 0. The third-order valence-electron chi connectivity index (χ3n) is 2.65. The van der Waals surface area contributed by atoms with Gasteiger partial charge in [-0.25, -0.2) is 4.98 Å². The van der Waals surface area contributed by atoms with Crippen LogP contribution in [0.25, 0.3) is 0 Å². The van der Waals surface area contributed by atoms with Crippen molar-refractivity contribution in [3.05, 3.63) is 23.9 Å². The van der Waals surface area contributed by atoms with E-state index in [1.54, 1.807) is 18.3 Å². The molecule has 1 fully saturated rings. The summed E-state index contributed by atoms with van der Waals surface area (Å²) in [6.45, 7) is 0.747. The van der Waals surface area contributed by atoms with Crippen LogP contribution in [0, 0.1) is 0 Å². The number of carbonyl (C=O) groups excluding carboxylic acids is 1. The predicted molar refractivity (Wildman–Crippen MR) is 69.8 cm³/mol. The average Bonchev–Trinajstić information content (AvgIpc) is 2.32. The normalized spacial score (nSPS) is 19.5. The minimum Gasteiger partial charge on any atom is -0.389 e. The smallest absolute Gasteiger partial charge is 0.242 e. The third kappa shape index (κ3) is 2.91. The Balaban J connectivity index is 2.09. The van der Waals surface area contributed by atoms with E-state index in [-0.39, 0.29) is 11.9 Å². The van der Waals surface area contributed by atoms with Crippen molar-refractivity contribution in [1.82, 2.24) is 10.3 Å². The molecule has 4 N–H and O–H groups in total. The molecule has 0 radical (unpaired) electrons.